The summed E-state index contributed by atoms with van der Waals surface area (Å²) in [5.74, 6) is 0. The van der Waals surface area contributed by atoms with Crippen LogP contribution in [-0.2, 0) is 11.3 Å². The van der Waals surface area contributed by atoms with Crippen LogP contribution in [0.1, 0.15) is 11.1 Å². The number of H-pyrrole nitrogens is 1. The number of fused-ring (bicyclic) bond motifs is 1. The third-order valence-electron chi connectivity index (χ3n) is 4.04. The van der Waals surface area contributed by atoms with Gasteiger partial charge in [0, 0.05) is 35.4 Å². The van der Waals surface area contributed by atoms with Gasteiger partial charge < -0.3 is 10.3 Å². The number of benzene rings is 2. The molecule has 0 amide bonds. The Morgan fingerprint density at radius 3 is 2.88 bits per heavy atom. The maximum Gasteiger partial charge on any atom is 0.335 e. The lowest BCUT2D eigenvalue weighted by Crippen LogP contribution is -2.07. The van der Waals surface area contributed by atoms with Gasteiger partial charge in [-0.1, -0.05) is 29.8 Å². The van der Waals surface area contributed by atoms with E-state index in [-0.39, 0.29) is 0 Å². The molecule has 1 heterocycles. The molecular weight excluding hydrogens is 326 g/mol. The van der Waals surface area contributed by atoms with Gasteiger partial charge in [-0.3, -0.25) is 0 Å². The highest BCUT2D eigenvalue weighted by atomic mass is 35.5. The smallest absolute Gasteiger partial charge is 0.335 e. The van der Waals surface area contributed by atoms with Crippen molar-refractivity contribution in [2.45, 2.75) is 13.3 Å². The van der Waals surface area contributed by atoms with Crippen molar-refractivity contribution in [1.29, 1.82) is 0 Å². The molecule has 3 rings (SSSR count). The molecular formula is C18H19ClN3O2+. The van der Waals surface area contributed by atoms with Gasteiger partial charge in [0.2, 0.25) is 0 Å². The van der Waals surface area contributed by atoms with E-state index in [1.54, 1.807) is 12.1 Å². The van der Waals surface area contributed by atoms with Gasteiger partial charge in [0.15, 0.2) is 7.11 Å². The third kappa shape index (κ3) is 3.21. The summed E-state index contributed by atoms with van der Waals surface area (Å²) in [6, 6.07) is 11.7. The van der Waals surface area contributed by atoms with Crippen molar-refractivity contribution >= 4 is 33.9 Å². The fourth-order valence-corrected chi connectivity index (χ4v) is 3.00. The molecule has 3 aromatic rings. The van der Waals surface area contributed by atoms with E-state index in [0.717, 1.165) is 29.7 Å². The molecule has 2 N–H and O–H groups in total. The van der Waals surface area contributed by atoms with Gasteiger partial charge in [0.05, 0.1) is 4.91 Å². The molecule has 2 aromatic carbocycles. The Kier molecular flexibility index (Phi) is 4.71. The Morgan fingerprint density at radius 2 is 2.08 bits per heavy atom. The zero-order valence-electron chi connectivity index (χ0n) is 13.6. The number of nitrogens with one attached hydrogen (secondary N) is 2. The van der Waals surface area contributed by atoms with E-state index in [2.05, 4.69) is 27.3 Å². The molecule has 0 atom stereocenters. The first-order chi connectivity index (χ1) is 11.6. The summed E-state index contributed by atoms with van der Waals surface area (Å²) in [7, 11) is 1.31. The second-order valence-electron chi connectivity index (χ2n) is 5.59. The molecule has 24 heavy (non-hydrogen) atoms. The fraction of sp³-hybridized carbons (Fsp3) is 0.222. The molecule has 0 bridgehead atoms. The number of hydrogen-bond acceptors (Lipinski definition) is 3. The molecule has 0 radical (unpaired) electrons. The van der Waals surface area contributed by atoms with E-state index in [0.29, 0.717) is 15.6 Å². The quantitative estimate of drug-likeness (QED) is 0.634. The largest absolute Gasteiger partial charge is 0.384 e. The number of aromatic nitrogens is 1. The van der Waals surface area contributed by atoms with E-state index in [4.69, 9.17) is 11.6 Å². The fourth-order valence-electron chi connectivity index (χ4n) is 2.77. The molecule has 0 fully saturated rings. The highest BCUT2D eigenvalue weighted by Gasteiger charge is 2.21. The van der Waals surface area contributed by atoms with Crippen LogP contribution >= 0.6 is 11.6 Å². The second kappa shape index (κ2) is 6.93. The minimum Gasteiger partial charge on any atom is -0.384 e. The van der Waals surface area contributed by atoms with Gasteiger partial charge in [-0.15, -0.1) is 0 Å². The van der Waals surface area contributed by atoms with Crippen LogP contribution in [-0.4, -0.2) is 23.6 Å². The van der Waals surface area contributed by atoms with Gasteiger partial charge in [-0.25, -0.2) is 4.84 Å². The number of para-hydroxylation sites is 1. The zero-order valence-corrected chi connectivity index (χ0v) is 14.4. The van der Waals surface area contributed by atoms with Crippen molar-refractivity contribution in [2.75, 3.05) is 19.0 Å². The summed E-state index contributed by atoms with van der Waals surface area (Å²) in [6.07, 6.45) is 2.93. The van der Waals surface area contributed by atoms with Crippen molar-refractivity contribution in [3.05, 3.63) is 63.7 Å². The predicted octanol–water partition coefficient (Wildman–Crippen LogP) is 4.76. The predicted molar refractivity (Wildman–Crippen MR) is 97.0 cm³/mol. The molecule has 5 nitrogen and oxygen atoms in total. The topological polar surface area (TPSA) is 57.1 Å². The van der Waals surface area contributed by atoms with E-state index in [1.807, 2.05) is 25.3 Å². The lowest BCUT2D eigenvalue weighted by atomic mass is 10.1. The Balaban J connectivity index is 1.71. The third-order valence-corrected chi connectivity index (χ3v) is 4.34. The molecule has 0 spiro atoms. The second-order valence-corrected chi connectivity index (χ2v) is 6.00. The van der Waals surface area contributed by atoms with E-state index in [9.17, 15) is 4.91 Å². The van der Waals surface area contributed by atoms with Gasteiger partial charge in [-0.05, 0) is 36.6 Å². The lowest BCUT2D eigenvalue weighted by Gasteiger charge is -2.09. The monoisotopic (exact) mass is 344 g/mol. The van der Waals surface area contributed by atoms with Crippen molar-refractivity contribution in [3.63, 3.8) is 0 Å². The Bertz CT molecular complexity index is 889. The van der Waals surface area contributed by atoms with E-state index >= 15 is 0 Å². The zero-order chi connectivity index (χ0) is 17.1. The van der Waals surface area contributed by atoms with Crippen LogP contribution in [0.5, 0.6) is 0 Å². The molecule has 6 heteroatoms. The molecule has 1 aromatic heterocycles. The highest BCUT2D eigenvalue weighted by molar-refractivity contribution is 6.33. The van der Waals surface area contributed by atoms with Gasteiger partial charge in [-0.2, -0.15) is 0 Å². The van der Waals surface area contributed by atoms with Gasteiger partial charge in [0.1, 0.15) is 5.02 Å². The lowest BCUT2D eigenvalue weighted by molar-refractivity contribution is -0.736. The van der Waals surface area contributed by atoms with E-state index < -0.39 is 0 Å². The molecule has 0 aliphatic heterocycles. The van der Waals surface area contributed by atoms with Crippen LogP contribution in [0.15, 0.2) is 42.6 Å². The summed E-state index contributed by atoms with van der Waals surface area (Å²) in [6.45, 7) is 2.70. The highest BCUT2D eigenvalue weighted by Crippen LogP contribution is 2.31. The van der Waals surface area contributed by atoms with Crippen LogP contribution < -0.4 is 5.32 Å². The number of aromatic amines is 1. The van der Waals surface area contributed by atoms with Gasteiger partial charge >= 0.3 is 5.69 Å². The average Bonchev–Trinajstić information content (AvgIpc) is 3.00. The summed E-state index contributed by atoms with van der Waals surface area (Å²) in [4.78, 5) is 19.9. The van der Waals surface area contributed by atoms with E-state index in [1.165, 1.54) is 18.1 Å². The number of hydrogen-bond donors (Lipinski definition) is 2. The van der Waals surface area contributed by atoms with Crippen LogP contribution in [0.4, 0.5) is 11.4 Å². The summed E-state index contributed by atoms with van der Waals surface area (Å²) >= 11 is 6.16. The van der Waals surface area contributed by atoms with Crippen molar-refractivity contribution in [3.8, 4) is 0 Å². The SMILES string of the molecule is CO[N+](=O)c1cc(C)c(NCCc2c[nH]c3ccccc23)cc1Cl. The Morgan fingerprint density at radius 1 is 1.29 bits per heavy atom. The first-order valence-corrected chi connectivity index (χ1v) is 8.08. The van der Waals surface area contributed by atoms with Crippen LogP contribution in [0.2, 0.25) is 5.02 Å². The number of anilines is 1. The Hall–Kier alpha value is -2.53. The van der Waals surface area contributed by atoms with Crippen molar-refractivity contribution < 1.29 is 9.76 Å². The average molecular weight is 345 g/mol. The van der Waals surface area contributed by atoms with Crippen LogP contribution in [0.3, 0.4) is 0 Å². The maximum absolute atomic E-state index is 11.6. The number of halogens is 1. The minimum absolute atomic E-state index is 0.304. The number of nitrogens with zero attached hydrogens (tertiary/aromatic N) is 1. The number of rotatable bonds is 6. The normalized spacial score (nSPS) is 10.8. The minimum atomic E-state index is 0.304. The summed E-state index contributed by atoms with van der Waals surface area (Å²) < 4.78 is 0. The molecule has 124 valence electrons. The molecule has 0 saturated carbocycles. The van der Waals surface area contributed by atoms with Crippen molar-refractivity contribution in [2.24, 2.45) is 0 Å². The van der Waals surface area contributed by atoms with Crippen LogP contribution in [0, 0.1) is 11.8 Å². The Labute approximate surface area is 145 Å². The first kappa shape index (κ1) is 16.3. The maximum atomic E-state index is 11.6. The van der Waals surface area contributed by atoms with Gasteiger partial charge in [0.25, 0.3) is 4.92 Å². The molecule has 0 aliphatic carbocycles. The van der Waals surface area contributed by atoms with Crippen LogP contribution in [0.25, 0.3) is 10.9 Å². The summed E-state index contributed by atoms with van der Waals surface area (Å²) in [5.41, 5.74) is 4.56. The standard InChI is InChI=1S/C18H19ClN3O2/c1-12-9-18(22(23)24-2)15(19)10-17(12)20-8-7-13-11-21-16-6-4-3-5-14(13)16/h3-6,9-11,20-21H,7-8H2,1-2H3/q+1. The first-order valence-electron chi connectivity index (χ1n) is 7.70. The number of aryl methyl sites for hydroxylation is 1. The molecule has 0 aliphatic rings. The molecule has 0 unspecified atom stereocenters. The van der Waals surface area contributed by atoms with Crippen molar-refractivity contribution in [1.82, 2.24) is 4.98 Å². The summed E-state index contributed by atoms with van der Waals surface area (Å²) in [5, 5.41) is 4.98. The molecule has 0 saturated heterocycles.